The number of hydrogen-bond donors (Lipinski definition) is 3. The number of para-hydroxylation sites is 1. The maximum absolute atomic E-state index is 12.4. The van der Waals surface area contributed by atoms with Gasteiger partial charge in [-0.1, -0.05) is 30.4 Å². The summed E-state index contributed by atoms with van der Waals surface area (Å²) in [5.74, 6) is -0.284. The van der Waals surface area contributed by atoms with Crippen molar-refractivity contribution in [3.05, 3.63) is 42.5 Å². The van der Waals surface area contributed by atoms with Crippen LogP contribution in [0.3, 0.4) is 0 Å². The Morgan fingerprint density at radius 3 is 2.56 bits per heavy atom. The van der Waals surface area contributed by atoms with Crippen LogP contribution in [-0.4, -0.2) is 55.0 Å². The molecule has 2 heterocycles. The fraction of sp³-hybridized carbons (Fsp3) is 0.500. The predicted octanol–water partition coefficient (Wildman–Crippen LogP) is 1.24. The molecule has 3 atom stereocenters. The highest BCUT2D eigenvalue weighted by Crippen LogP contribution is 2.19. The lowest BCUT2D eigenvalue weighted by atomic mass is 9.97. The van der Waals surface area contributed by atoms with Crippen molar-refractivity contribution >= 4 is 17.5 Å². The van der Waals surface area contributed by atoms with E-state index in [2.05, 4.69) is 10.6 Å². The predicted molar refractivity (Wildman–Crippen MR) is 100 cm³/mol. The molecule has 1 fully saturated rings. The Hall–Kier alpha value is -2.22. The first kappa shape index (κ1) is 19.5. The number of carbonyl (C=O) groups excluding carboxylic acids is 2. The monoisotopic (exact) mass is 374 g/mol. The molecule has 0 aliphatic carbocycles. The van der Waals surface area contributed by atoms with Gasteiger partial charge in [0.1, 0.15) is 6.10 Å². The average molecular weight is 374 g/mol. The fourth-order valence-corrected chi connectivity index (χ4v) is 3.29. The van der Waals surface area contributed by atoms with Crippen molar-refractivity contribution in [2.45, 2.75) is 37.5 Å². The van der Waals surface area contributed by atoms with Gasteiger partial charge in [-0.05, 0) is 25.0 Å². The summed E-state index contributed by atoms with van der Waals surface area (Å²) in [5.41, 5.74) is 0.725. The minimum atomic E-state index is -0.576. The number of rotatable bonds is 6. The molecule has 0 unspecified atom stereocenters. The summed E-state index contributed by atoms with van der Waals surface area (Å²) in [6, 6.07) is 8.80. The third kappa shape index (κ3) is 5.63. The number of ether oxygens (including phenoxy) is 2. The molecule has 1 aromatic carbocycles. The van der Waals surface area contributed by atoms with Crippen molar-refractivity contribution < 1.29 is 24.2 Å². The molecule has 146 valence electrons. The second-order valence-electron chi connectivity index (χ2n) is 6.82. The highest BCUT2D eigenvalue weighted by atomic mass is 16.5. The van der Waals surface area contributed by atoms with Crippen molar-refractivity contribution in [3.8, 4) is 0 Å². The summed E-state index contributed by atoms with van der Waals surface area (Å²) < 4.78 is 11.1. The Kier molecular flexibility index (Phi) is 6.98. The van der Waals surface area contributed by atoms with Crippen LogP contribution in [0, 0.1) is 5.92 Å². The van der Waals surface area contributed by atoms with Crippen molar-refractivity contribution in [2.24, 2.45) is 5.92 Å². The summed E-state index contributed by atoms with van der Waals surface area (Å²) in [4.78, 5) is 24.6. The van der Waals surface area contributed by atoms with E-state index in [0.717, 1.165) is 5.69 Å². The lowest BCUT2D eigenvalue weighted by Gasteiger charge is -2.33. The highest BCUT2D eigenvalue weighted by molar-refractivity contribution is 5.91. The Labute approximate surface area is 158 Å². The number of aliphatic hydroxyl groups excluding tert-OH is 1. The number of nitrogens with one attached hydrogen (secondary N) is 2. The Balaban J connectivity index is 1.52. The lowest BCUT2D eigenvalue weighted by Crippen LogP contribution is -2.50. The number of anilines is 1. The van der Waals surface area contributed by atoms with Crippen LogP contribution >= 0.6 is 0 Å². The highest BCUT2D eigenvalue weighted by Gasteiger charge is 2.31. The average Bonchev–Trinajstić information content (AvgIpc) is 2.70. The molecule has 2 aliphatic heterocycles. The van der Waals surface area contributed by atoms with E-state index in [0.29, 0.717) is 26.1 Å². The molecule has 0 spiro atoms. The summed E-state index contributed by atoms with van der Waals surface area (Å²) in [6.07, 6.45) is 4.11. The fourth-order valence-electron chi connectivity index (χ4n) is 3.29. The first-order valence-corrected chi connectivity index (χ1v) is 9.33. The van der Waals surface area contributed by atoms with E-state index in [-0.39, 0.29) is 30.8 Å². The molecule has 0 bridgehead atoms. The van der Waals surface area contributed by atoms with E-state index < -0.39 is 18.2 Å². The summed E-state index contributed by atoms with van der Waals surface area (Å²) in [5, 5.41) is 15.4. The maximum Gasteiger partial charge on any atom is 0.227 e. The van der Waals surface area contributed by atoms with E-state index in [1.807, 2.05) is 36.4 Å². The van der Waals surface area contributed by atoms with Crippen molar-refractivity contribution in [3.63, 3.8) is 0 Å². The molecule has 0 radical (unpaired) electrons. The smallest absolute Gasteiger partial charge is 0.227 e. The number of aliphatic hydroxyl groups is 1. The third-order valence-electron chi connectivity index (χ3n) is 4.81. The van der Waals surface area contributed by atoms with Gasteiger partial charge in [0.05, 0.1) is 25.2 Å². The number of benzene rings is 1. The zero-order valence-electron chi connectivity index (χ0n) is 15.2. The summed E-state index contributed by atoms with van der Waals surface area (Å²) in [6.45, 7) is 0.952. The minimum Gasteiger partial charge on any atom is -0.394 e. The van der Waals surface area contributed by atoms with Gasteiger partial charge in [0.25, 0.3) is 0 Å². The van der Waals surface area contributed by atoms with Gasteiger partial charge in [-0.3, -0.25) is 9.59 Å². The van der Waals surface area contributed by atoms with Crippen LogP contribution in [0.25, 0.3) is 0 Å². The molecule has 3 rings (SSSR count). The molecule has 0 saturated carbocycles. The van der Waals surface area contributed by atoms with Crippen LogP contribution < -0.4 is 10.6 Å². The van der Waals surface area contributed by atoms with Crippen molar-refractivity contribution in [1.82, 2.24) is 5.32 Å². The molecule has 2 amide bonds. The van der Waals surface area contributed by atoms with E-state index in [1.165, 1.54) is 0 Å². The van der Waals surface area contributed by atoms with Crippen molar-refractivity contribution in [2.75, 3.05) is 25.1 Å². The van der Waals surface area contributed by atoms with Gasteiger partial charge < -0.3 is 25.2 Å². The zero-order chi connectivity index (χ0) is 19.1. The maximum atomic E-state index is 12.4. The first-order chi connectivity index (χ1) is 13.2. The second kappa shape index (κ2) is 9.64. The summed E-state index contributed by atoms with van der Waals surface area (Å²) >= 11 is 0. The van der Waals surface area contributed by atoms with Crippen LogP contribution in [0.4, 0.5) is 5.69 Å². The van der Waals surface area contributed by atoms with Gasteiger partial charge in [0.15, 0.2) is 0 Å². The number of hydrogen-bond acceptors (Lipinski definition) is 5. The third-order valence-corrected chi connectivity index (χ3v) is 4.81. The molecule has 2 aliphatic rings. The van der Waals surface area contributed by atoms with Crippen LogP contribution in [0.1, 0.15) is 19.3 Å². The molecule has 3 N–H and O–H groups in total. The van der Waals surface area contributed by atoms with E-state index in [1.54, 1.807) is 6.08 Å². The van der Waals surface area contributed by atoms with Gasteiger partial charge in [0.2, 0.25) is 11.8 Å². The summed E-state index contributed by atoms with van der Waals surface area (Å²) in [7, 11) is 0. The van der Waals surface area contributed by atoms with Gasteiger partial charge in [-0.25, -0.2) is 0 Å². The van der Waals surface area contributed by atoms with Crippen LogP contribution in [0.2, 0.25) is 0 Å². The van der Waals surface area contributed by atoms with Crippen LogP contribution in [-0.2, 0) is 19.1 Å². The first-order valence-electron chi connectivity index (χ1n) is 9.33. The number of amides is 2. The van der Waals surface area contributed by atoms with Crippen molar-refractivity contribution in [1.29, 1.82) is 0 Å². The standard InChI is InChI=1S/C20H26N2O5/c23-13-18-17(22-20(25)14-8-10-26-11-9-14)7-6-16(27-18)12-19(24)21-15-4-2-1-3-5-15/h1-7,14,16-18,23H,8-13H2,(H,21,24)(H,22,25)/t16-,17-,18+/m0/s1. The zero-order valence-corrected chi connectivity index (χ0v) is 15.2. The van der Waals surface area contributed by atoms with E-state index in [9.17, 15) is 14.7 Å². The molecule has 27 heavy (non-hydrogen) atoms. The molecule has 7 nitrogen and oxygen atoms in total. The van der Waals surface area contributed by atoms with Gasteiger partial charge in [0, 0.05) is 24.8 Å². The van der Waals surface area contributed by atoms with Gasteiger partial charge in [-0.2, -0.15) is 0 Å². The van der Waals surface area contributed by atoms with Crippen LogP contribution in [0.15, 0.2) is 42.5 Å². The lowest BCUT2D eigenvalue weighted by molar-refractivity contribution is -0.131. The minimum absolute atomic E-state index is 0.0460. The second-order valence-corrected chi connectivity index (χ2v) is 6.82. The van der Waals surface area contributed by atoms with Gasteiger partial charge >= 0.3 is 0 Å². The molecular formula is C20H26N2O5. The van der Waals surface area contributed by atoms with Crippen LogP contribution in [0.5, 0.6) is 0 Å². The molecule has 1 aromatic rings. The Morgan fingerprint density at radius 2 is 1.85 bits per heavy atom. The van der Waals surface area contributed by atoms with Gasteiger partial charge in [-0.15, -0.1) is 0 Å². The van der Waals surface area contributed by atoms with E-state index in [4.69, 9.17) is 9.47 Å². The largest absolute Gasteiger partial charge is 0.394 e. The molecule has 1 saturated heterocycles. The molecular weight excluding hydrogens is 348 g/mol. The Bertz CT molecular complexity index is 658. The quantitative estimate of drug-likeness (QED) is 0.651. The number of carbonyl (C=O) groups is 2. The topological polar surface area (TPSA) is 96.9 Å². The molecule has 7 heteroatoms. The molecule has 0 aromatic heterocycles. The Morgan fingerprint density at radius 1 is 1.11 bits per heavy atom. The SMILES string of the molecule is O=C(C[C@@H]1C=C[C@H](NC(=O)C2CCOCC2)[C@@H](CO)O1)Nc1ccccc1. The van der Waals surface area contributed by atoms with E-state index >= 15 is 0 Å². The normalized spacial score (nSPS) is 25.7.